The summed E-state index contributed by atoms with van der Waals surface area (Å²) in [6, 6.07) is 15.8. The average Bonchev–Trinajstić information content (AvgIpc) is 3.21. The Kier molecular flexibility index (Phi) is 3.19. The Bertz CT molecular complexity index is 862. The first kappa shape index (κ1) is 13.7. The molecule has 4 rings (SSSR count). The molecule has 0 spiro atoms. The number of aromatic nitrogens is 2. The topological polar surface area (TPSA) is 38.1 Å². The summed E-state index contributed by atoms with van der Waals surface area (Å²) in [4.78, 5) is 14.4. The van der Waals surface area contributed by atoms with Gasteiger partial charge in [0.15, 0.2) is 5.69 Å². The summed E-state index contributed by atoms with van der Waals surface area (Å²) < 4.78 is 14.8. The summed E-state index contributed by atoms with van der Waals surface area (Å²) in [6.45, 7) is 1.20. The maximum atomic E-state index is 13.3. The standard InChI is InChI=1S/C18H14FN3O/c19-15-6-3-7-16(10-15)22-9-8-17(20-22)18(23)21-11-13-4-1-2-5-14(13)12-21/h1-10H,11-12H2. The minimum Gasteiger partial charge on any atom is -0.329 e. The van der Waals surface area contributed by atoms with E-state index in [9.17, 15) is 9.18 Å². The van der Waals surface area contributed by atoms with Crippen LogP contribution in [0.15, 0.2) is 60.8 Å². The predicted octanol–water partition coefficient (Wildman–Crippen LogP) is 3.17. The molecule has 0 aliphatic carbocycles. The van der Waals surface area contributed by atoms with Crippen LogP contribution in [0.3, 0.4) is 0 Å². The third-order valence-corrected chi connectivity index (χ3v) is 4.01. The highest BCUT2D eigenvalue weighted by atomic mass is 19.1. The van der Waals surface area contributed by atoms with Crippen molar-refractivity contribution in [1.29, 1.82) is 0 Å². The zero-order chi connectivity index (χ0) is 15.8. The third kappa shape index (κ3) is 2.50. The van der Waals surface area contributed by atoms with E-state index in [4.69, 9.17) is 0 Å². The molecule has 1 aliphatic heterocycles. The van der Waals surface area contributed by atoms with E-state index < -0.39 is 0 Å². The molecule has 23 heavy (non-hydrogen) atoms. The van der Waals surface area contributed by atoms with Crippen molar-refractivity contribution >= 4 is 5.91 Å². The van der Waals surface area contributed by atoms with E-state index >= 15 is 0 Å². The molecular formula is C18H14FN3O. The van der Waals surface area contributed by atoms with E-state index in [2.05, 4.69) is 5.10 Å². The van der Waals surface area contributed by atoms with Gasteiger partial charge in [-0.1, -0.05) is 30.3 Å². The number of carbonyl (C=O) groups excluding carboxylic acids is 1. The van der Waals surface area contributed by atoms with Gasteiger partial charge in [-0.15, -0.1) is 0 Å². The highest BCUT2D eigenvalue weighted by Crippen LogP contribution is 2.23. The summed E-state index contributed by atoms with van der Waals surface area (Å²) >= 11 is 0. The van der Waals surface area contributed by atoms with Crippen molar-refractivity contribution in [2.75, 3.05) is 0 Å². The van der Waals surface area contributed by atoms with E-state index in [1.807, 2.05) is 24.3 Å². The molecule has 2 heterocycles. The molecule has 0 fully saturated rings. The highest BCUT2D eigenvalue weighted by Gasteiger charge is 2.25. The van der Waals surface area contributed by atoms with Crippen LogP contribution in [0.4, 0.5) is 4.39 Å². The first-order valence-corrected chi connectivity index (χ1v) is 7.38. The first-order chi connectivity index (χ1) is 11.2. The molecule has 114 valence electrons. The maximum absolute atomic E-state index is 13.3. The molecule has 0 atom stereocenters. The average molecular weight is 307 g/mol. The fraction of sp³-hybridized carbons (Fsp3) is 0.111. The van der Waals surface area contributed by atoms with Gasteiger partial charge in [-0.2, -0.15) is 5.10 Å². The summed E-state index contributed by atoms with van der Waals surface area (Å²) in [5.74, 6) is -0.447. The van der Waals surface area contributed by atoms with Crippen LogP contribution in [0, 0.1) is 5.82 Å². The SMILES string of the molecule is O=C(c1ccn(-c2cccc(F)c2)n1)N1Cc2ccccc2C1. The fourth-order valence-corrected chi connectivity index (χ4v) is 2.84. The Morgan fingerprint density at radius 2 is 1.74 bits per heavy atom. The van der Waals surface area contributed by atoms with Crippen LogP contribution in [-0.2, 0) is 13.1 Å². The van der Waals surface area contributed by atoms with Crippen molar-refractivity contribution < 1.29 is 9.18 Å². The van der Waals surface area contributed by atoms with Gasteiger partial charge in [0.2, 0.25) is 0 Å². The van der Waals surface area contributed by atoms with E-state index in [0.717, 1.165) is 0 Å². The van der Waals surface area contributed by atoms with Crippen LogP contribution in [0.2, 0.25) is 0 Å². The van der Waals surface area contributed by atoms with Gasteiger partial charge in [0, 0.05) is 19.3 Å². The van der Waals surface area contributed by atoms with Gasteiger partial charge in [0.25, 0.3) is 5.91 Å². The molecule has 1 aliphatic rings. The number of amides is 1. The van der Waals surface area contributed by atoms with Gasteiger partial charge in [-0.05, 0) is 35.4 Å². The number of fused-ring (bicyclic) bond motifs is 1. The quantitative estimate of drug-likeness (QED) is 0.729. The van der Waals surface area contributed by atoms with Gasteiger partial charge in [-0.3, -0.25) is 4.79 Å². The zero-order valence-corrected chi connectivity index (χ0v) is 12.3. The lowest BCUT2D eigenvalue weighted by molar-refractivity contribution is 0.0745. The molecule has 1 amide bonds. The van der Waals surface area contributed by atoms with E-state index in [1.54, 1.807) is 29.3 Å². The molecule has 0 radical (unpaired) electrons. The largest absolute Gasteiger partial charge is 0.329 e. The van der Waals surface area contributed by atoms with E-state index in [0.29, 0.717) is 24.5 Å². The van der Waals surface area contributed by atoms with Crippen molar-refractivity contribution in [3.8, 4) is 5.69 Å². The maximum Gasteiger partial charge on any atom is 0.274 e. The van der Waals surface area contributed by atoms with Crippen LogP contribution in [0.1, 0.15) is 21.6 Å². The first-order valence-electron chi connectivity index (χ1n) is 7.38. The summed E-state index contributed by atoms with van der Waals surface area (Å²) in [6.07, 6.45) is 1.67. The molecule has 0 N–H and O–H groups in total. The lowest BCUT2D eigenvalue weighted by Crippen LogP contribution is -2.25. The Hall–Kier alpha value is -2.95. The normalized spacial score (nSPS) is 13.2. The minimum atomic E-state index is -0.333. The molecule has 0 unspecified atom stereocenters. The number of rotatable bonds is 2. The Morgan fingerprint density at radius 3 is 2.43 bits per heavy atom. The van der Waals surface area contributed by atoms with Crippen molar-refractivity contribution in [1.82, 2.24) is 14.7 Å². The molecule has 0 saturated carbocycles. The second-order valence-corrected chi connectivity index (χ2v) is 5.56. The molecule has 0 saturated heterocycles. The monoisotopic (exact) mass is 307 g/mol. The van der Waals surface area contributed by atoms with Crippen molar-refractivity contribution in [2.45, 2.75) is 13.1 Å². The fourth-order valence-electron chi connectivity index (χ4n) is 2.84. The van der Waals surface area contributed by atoms with Crippen molar-refractivity contribution in [3.63, 3.8) is 0 Å². The molecule has 0 bridgehead atoms. The van der Waals surface area contributed by atoms with Crippen LogP contribution in [0.5, 0.6) is 0 Å². The number of hydrogen-bond acceptors (Lipinski definition) is 2. The van der Waals surface area contributed by atoms with Gasteiger partial charge in [-0.25, -0.2) is 9.07 Å². The van der Waals surface area contributed by atoms with E-state index in [-0.39, 0.29) is 11.7 Å². The third-order valence-electron chi connectivity index (χ3n) is 4.01. The summed E-state index contributed by atoms with van der Waals surface area (Å²) in [5.41, 5.74) is 3.30. The number of hydrogen-bond donors (Lipinski definition) is 0. The summed E-state index contributed by atoms with van der Waals surface area (Å²) in [5, 5.41) is 4.29. The molecule has 1 aromatic heterocycles. The predicted molar refractivity (Wildman–Crippen MR) is 83.5 cm³/mol. The molecule has 5 heteroatoms. The lowest BCUT2D eigenvalue weighted by Gasteiger charge is -2.13. The van der Waals surface area contributed by atoms with Gasteiger partial charge in [0.1, 0.15) is 5.82 Å². The molecule has 2 aromatic carbocycles. The Morgan fingerprint density at radius 1 is 1.00 bits per heavy atom. The molecular weight excluding hydrogens is 293 g/mol. The number of nitrogens with zero attached hydrogens (tertiary/aromatic N) is 3. The minimum absolute atomic E-state index is 0.114. The van der Waals surface area contributed by atoms with Crippen LogP contribution in [-0.4, -0.2) is 20.6 Å². The highest BCUT2D eigenvalue weighted by molar-refractivity contribution is 5.92. The summed E-state index contributed by atoms with van der Waals surface area (Å²) in [7, 11) is 0. The van der Waals surface area contributed by atoms with Gasteiger partial charge >= 0.3 is 0 Å². The Labute approximate surface area is 132 Å². The van der Waals surface area contributed by atoms with Crippen LogP contribution in [0.25, 0.3) is 5.69 Å². The smallest absolute Gasteiger partial charge is 0.274 e. The lowest BCUT2D eigenvalue weighted by atomic mass is 10.1. The van der Waals surface area contributed by atoms with Crippen LogP contribution >= 0.6 is 0 Å². The zero-order valence-electron chi connectivity index (χ0n) is 12.3. The van der Waals surface area contributed by atoms with Gasteiger partial charge in [0.05, 0.1) is 5.69 Å². The van der Waals surface area contributed by atoms with Crippen LogP contribution < -0.4 is 0 Å². The molecule has 4 nitrogen and oxygen atoms in total. The second kappa shape index (κ2) is 5.35. The Balaban J connectivity index is 1.57. The van der Waals surface area contributed by atoms with Crippen molar-refractivity contribution in [3.05, 3.63) is 83.4 Å². The number of carbonyl (C=O) groups is 1. The molecule has 3 aromatic rings. The second-order valence-electron chi connectivity index (χ2n) is 5.56. The van der Waals surface area contributed by atoms with Gasteiger partial charge < -0.3 is 4.90 Å². The number of halogens is 1. The number of benzene rings is 2. The van der Waals surface area contributed by atoms with Crippen molar-refractivity contribution in [2.24, 2.45) is 0 Å². The van der Waals surface area contributed by atoms with E-state index in [1.165, 1.54) is 27.9 Å².